The third kappa shape index (κ3) is 2.89. The number of aromatic nitrogens is 2. The van der Waals surface area contributed by atoms with E-state index in [1.54, 1.807) is 0 Å². The topological polar surface area (TPSA) is 84.2 Å². The molecule has 0 fully saturated rings. The van der Waals surface area contributed by atoms with Crippen molar-refractivity contribution >= 4 is 17.0 Å². The molecule has 0 amide bonds. The van der Waals surface area contributed by atoms with Crippen molar-refractivity contribution in [3.05, 3.63) is 11.8 Å². The largest absolute Gasteiger partial charge is 1.00 e. The van der Waals surface area contributed by atoms with Crippen LogP contribution in [0.15, 0.2) is 11.1 Å². The van der Waals surface area contributed by atoms with Gasteiger partial charge in [-0.1, -0.05) is 0 Å². The molecule has 0 aliphatic rings. The minimum atomic E-state index is -2.43. The van der Waals surface area contributed by atoms with Crippen LogP contribution in [0.3, 0.4) is 0 Å². The average Bonchev–Trinajstić information content (AvgIpc) is 2.46. The van der Waals surface area contributed by atoms with Crippen LogP contribution >= 0.6 is 0 Å². The number of carbonyl (C=O) groups excluding carboxylic acids is 1. The molecule has 0 spiro atoms. The fourth-order valence-corrected chi connectivity index (χ4v) is 1.21. The average molecular weight is 226 g/mol. The number of hydrogen-bond acceptors (Lipinski definition) is 5. The van der Waals surface area contributed by atoms with Gasteiger partial charge in [0.1, 0.15) is 10.7 Å². The maximum Gasteiger partial charge on any atom is 1.00 e. The van der Waals surface area contributed by atoms with Crippen LogP contribution in [-0.4, -0.2) is 31.6 Å². The molecule has 0 N–H and O–H groups in total. The van der Waals surface area contributed by atoms with Crippen molar-refractivity contribution < 1.29 is 47.9 Å². The number of ether oxygens (including phenoxy) is 1. The van der Waals surface area contributed by atoms with Gasteiger partial charge in [-0.05, 0) is 11.1 Å². The zero-order valence-corrected chi connectivity index (χ0v) is 10.8. The minimum absolute atomic E-state index is 0. The van der Waals surface area contributed by atoms with Crippen LogP contribution in [0, 0.1) is 0 Å². The smallest absolute Gasteiger partial charge is 0.767 e. The molecule has 0 saturated heterocycles. The molecule has 1 heterocycles. The van der Waals surface area contributed by atoms with Gasteiger partial charge in [0.25, 0.3) is 0 Å². The predicted molar refractivity (Wildman–Crippen MR) is 41.7 cm³/mol. The molecule has 8 heteroatoms. The third-order valence-electron chi connectivity index (χ3n) is 1.42. The van der Waals surface area contributed by atoms with Gasteiger partial charge < -0.3 is 9.29 Å². The summed E-state index contributed by atoms with van der Waals surface area (Å²) < 4.78 is 26.5. The summed E-state index contributed by atoms with van der Waals surface area (Å²) in [5.41, 5.74) is 0.0988. The van der Waals surface area contributed by atoms with Gasteiger partial charge in [0.15, 0.2) is 0 Å². The Balaban J connectivity index is 0.00000169. The number of nitrogens with zero attached hydrogens (tertiary/aromatic N) is 2. The molecule has 1 aromatic heterocycles. The Morgan fingerprint density at radius 1 is 1.71 bits per heavy atom. The first-order valence-corrected chi connectivity index (χ1v) is 4.35. The molecule has 0 saturated carbocycles. The van der Waals surface area contributed by atoms with Crippen molar-refractivity contribution in [3.63, 3.8) is 0 Å². The predicted octanol–water partition coefficient (Wildman–Crippen LogP) is -3.55. The van der Waals surface area contributed by atoms with E-state index in [1.165, 1.54) is 14.2 Å². The van der Waals surface area contributed by atoms with E-state index in [2.05, 4.69) is 9.84 Å². The summed E-state index contributed by atoms with van der Waals surface area (Å²) in [6.07, 6.45) is 0. The second-order valence-electron chi connectivity index (χ2n) is 2.22. The summed E-state index contributed by atoms with van der Waals surface area (Å²) in [6, 6.07) is 1.15. The Bertz CT molecular complexity index is 365. The number of hydrogen-bond donors (Lipinski definition) is 0. The van der Waals surface area contributed by atoms with Crippen LogP contribution < -0.4 is 29.6 Å². The summed E-state index contributed by atoms with van der Waals surface area (Å²) in [4.78, 5) is 11.0. The second-order valence-corrected chi connectivity index (χ2v) is 3.11. The first-order valence-electron chi connectivity index (χ1n) is 3.28. The number of aryl methyl sites for hydroxylation is 1. The van der Waals surface area contributed by atoms with Crippen molar-refractivity contribution in [2.24, 2.45) is 7.05 Å². The Morgan fingerprint density at radius 2 is 2.29 bits per heavy atom. The van der Waals surface area contributed by atoms with Gasteiger partial charge in [0.05, 0.1) is 7.11 Å². The van der Waals surface area contributed by atoms with Crippen LogP contribution in [0.2, 0.25) is 0 Å². The van der Waals surface area contributed by atoms with Gasteiger partial charge in [-0.25, -0.2) is 4.79 Å². The summed E-state index contributed by atoms with van der Waals surface area (Å²) in [7, 11) is 2.67. The quantitative estimate of drug-likeness (QED) is 0.296. The Hall–Kier alpha value is -0.210. The molecule has 0 bridgehead atoms. The van der Waals surface area contributed by atoms with Crippen molar-refractivity contribution in [2.45, 2.75) is 5.03 Å². The maximum absolute atomic E-state index is 11.0. The molecule has 1 rings (SSSR count). The molecular formula is C6H7N2NaO4S. The van der Waals surface area contributed by atoms with Crippen LogP contribution in [0.25, 0.3) is 0 Å². The Morgan fingerprint density at radius 3 is 2.64 bits per heavy atom. The summed E-state index contributed by atoms with van der Waals surface area (Å²) in [5, 5.41) is 3.40. The van der Waals surface area contributed by atoms with Crippen LogP contribution in [0.1, 0.15) is 10.5 Å². The van der Waals surface area contributed by atoms with Gasteiger partial charge in [-0.15, -0.1) is 0 Å². The zero-order valence-electron chi connectivity index (χ0n) is 8.01. The van der Waals surface area contributed by atoms with E-state index in [9.17, 15) is 13.6 Å². The van der Waals surface area contributed by atoms with Crippen molar-refractivity contribution in [1.29, 1.82) is 0 Å². The number of rotatable bonds is 2. The van der Waals surface area contributed by atoms with E-state index in [-0.39, 0.29) is 40.3 Å². The van der Waals surface area contributed by atoms with Crippen molar-refractivity contribution in [3.8, 4) is 0 Å². The van der Waals surface area contributed by atoms with Crippen molar-refractivity contribution in [1.82, 2.24) is 9.78 Å². The monoisotopic (exact) mass is 226 g/mol. The van der Waals surface area contributed by atoms with Gasteiger partial charge >= 0.3 is 35.5 Å². The first kappa shape index (κ1) is 13.8. The molecule has 0 aliphatic heterocycles. The van der Waals surface area contributed by atoms with Crippen LogP contribution in [-0.2, 0) is 22.9 Å². The van der Waals surface area contributed by atoms with E-state index in [0.717, 1.165) is 10.7 Å². The fourth-order valence-electron chi connectivity index (χ4n) is 0.818. The SMILES string of the molecule is COC(=O)c1cc(S(=O)[O-])nn1C.[Na+]. The molecule has 14 heavy (non-hydrogen) atoms. The van der Waals surface area contributed by atoms with Gasteiger partial charge in [-0.2, -0.15) is 5.10 Å². The van der Waals surface area contributed by atoms with E-state index in [1.807, 2.05) is 0 Å². The summed E-state index contributed by atoms with van der Waals surface area (Å²) >= 11 is -2.43. The molecule has 72 valence electrons. The standard InChI is InChI=1S/C6H8N2O4S.Na/c1-8-4(6(9)12-2)3-5(7-8)13(10)11;/h3H,1-2H3,(H,10,11);/q;+1/p-1. The molecular weight excluding hydrogens is 219 g/mol. The fraction of sp³-hybridized carbons (Fsp3) is 0.333. The number of methoxy groups -OCH3 is 1. The summed E-state index contributed by atoms with van der Waals surface area (Å²) in [5.74, 6) is -0.619. The zero-order chi connectivity index (χ0) is 10.0. The minimum Gasteiger partial charge on any atom is -0.767 e. The summed E-state index contributed by atoms with van der Waals surface area (Å²) in [6.45, 7) is 0. The molecule has 1 unspecified atom stereocenters. The molecule has 1 atom stereocenters. The molecule has 0 radical (unpaired) electrons. The third-order valence-corrected chi connectivity index (χ3v) is 1.96. The van der Waals surface area contributed by atoms with Gasteiger partial charge in [-0.3, -0.25) is 8.89 Å². The molecule has 0 aromatic carbocycles. The Kier molecular flexibility index (Phi) is 5.53. The maximum atomic E-state index is 11.0. The van der Waals surface area contributed by atoms with Crippen LogP contribution in [0.4, 0.5) is 0 Å². The van der Waals surface area contributed by atoms with Crippen LogP contribution in [0.5, 0.6) is 0 Å². The molecule has 1 aromatic rings. The van der Waals surface area contributed by atoms with Crippen molar-refractivity contribution in [2.75, 3.05) is 7.11 Å². The first-order chi connectivity index (χ1) is 6.06. The van der Waals surface area contributed by atoms with Gasteiger partial charge in [0.2, 0.25) is 0 Å². The Labute approximate surface area is 105 Å². The normalized spacial score (nSPS) is 11.6. The number of esters is 1. The van der Waals surface area contributed by atoms with E-state index >= 15 is 0 Å². The second kappa shape index (κ2) is 5.62. The molecule has 6 nitrogen and oxygen atoms in total. The van der Waals surface area contributed by atoms with E-state index in [0.29, 0.717) is 0 Å². The molecule has 0 aliphatic carbocycles. The van der Waals surface area contributed by atoms with E-state index in [4.69, 9.17) is 0 Å². The van der Waals surface area contributed by atoms with E-state index < -0.39 is 17.0 Å². The van der Waals surface area contributed by atoms with Gasteiger partial charge in [0, 0.05) is 13.1 Å². The number of carbonyl (C=O) groups is 1.